The summed E-state index contributed by atoms with van der Waals surface area (Å²) < 4.78 is 27.0. The average molecular weight is 253 g/mol. The molecule has 1 aromatic carbocycles. The van der Waals surface area contributed by atoms with E-state index in [0.29, 0.717) is 17.9 Å². The Morgan fingerprint density at radius 2 is 2.11 bits per heavy atom. The molecule has 3 heteroatoms. The van der Waals surface area contributed by atoms with Crippen LogP contribution in [0, 0.1) is 17.6 Å². The molecule has 1 aliphatic rings. The minimum absolute atomic E-state index is 0.0528. The van der Waals surface area contributed by atoms with Gasteiger partial charge >= 0.3 is 0 Å². The van der Waals surface area contributed by atoms with Crippen LogP contribution < -0.4 is 5.32 Å². The van der Waals surface area contributed by atoms with E-state index in [0.717, 1.165) is 25.8 Å². The Kier molecular flexibility index (Phi) is 4.00. The highest BCUT2D eigenvalue weighted by atomic mass is 19.1. The fraction of sp³-hybridized carbons (Fsp3) is 0.600. The van der Waals surface area contributed by atoms with Crippen LogP contribution in [0.15, 0.2) is 18.2 Å². The van der Waals surface area contributed by atoms with Crippen LogP contribution in [0.5, 0.6) is 0 Å². The summed E-state index contributed by atoms with van der Waals surface area (Å²) in [6, 6.07) is 3.73. The van der Waals surface area contributed by atoms with Gasteiger partial charge in [0.05, 0.1) is 0 Å². The van der Waals surface area contributed by atoms with Gasteiger partial charge in [0, 0.05) is 5.54 Å². The zero-order chi connectivity index (χ0) is 13.2. The van der Waals surface area contributed by atoms with E-state index in [1.165, 1.54) is 18.2 Å². The van der Waals surface area contributed by atoms with Crippen molar-refractivity contribution in [3.05, 3.63) is 35.4 Å². The molecule has 0 aromatic heterocycles. The summed E-state index contributed by atoms with van der Waals surface area (Å²) in [7, 11) is 0. The largest absolute Gasteiger partial charge is 0.311 e. The van der Waals surface area contributed by atoms with E-state index in [4.69, 9.17) is 0 Å². The summed E-state index contributed by atoms with van der Waals surface area (Å²) >= 11 is 0. The van der Waals surface area contributed by atoms with E-state index < -0.39 is 0 Å². The molecule has 1 aliphatic heterocycles. The zero-order valence-electron chi connectivity index (χ0n) is 11.1. The molecule has 100 valence electrons. The van der Waals surface area contributed by atoms with Crippen LogP contribution in [0.4, 0.5) is 8.78 Å². The molecule has 1 fully saturated rings. The van der Waals surface area contributed by atoms with Crippen molar-refractivity contribution >= 4 is 0 Å². The second-order valence-electron chi connectivity index (χ2n) is 5.82. The summed E-state index contributed by atoms with van der Waals surface area (Å²) in [6.45, 7) is 5.32. The Bertz CT molecular complexity index is 409. The Balaban J connectivity index is 2.20. The van der Waals surface area contributed by atoms with Gasteiger partial charge in [-0.2, -0.15) is 0 Å². The fourth-order valence-electron chi connectivity index (χ4n) is 3.09. The van der Waals surface area contributed by atoms with Gasteiger partial charge in [0.25, 0.3) is 0 Å². The highest BCUT2D eigenvalue weighted by Crippen LogP contribution is 2.31. The summed E-state index contributed by atoms with van der Waals surface area (Å²) in [5.41, 5.74) is 0.438. The Morgan fingerprint density at radius 3 is 2.72 bits per heavy atom. The van der Waals surface area contributed by atoms with Crippen LogP contribution in [0.25, 0.3) is 0 Å². The summed E-state index contributed by atoms with van der Waals surface area (Å²) in [4.78, 5) is 0. The van der Waals surface area contributed by atoms with Gasteiger partial charge in [-0.1, -0.05) is 13.8 Å². The fourth-order valence-corrected chi connectivity index (χ4v) is 3.09. The SMILES string of the molecule is CC(C)CC1(Cc2cc(F)ccc2F)CCCN1. The topological polar surface area (TPSA) is 12.0 Å². The molecule has 0 amide bonds. The maximum absolute atomic E-state index is 13.7. The number of nitrogens with one attached hydrogen (secondary N) is 1. The smallest absolute Gasteiger partial charge is 0.126 e. The molecule has 1 N–H and O–H groups in total. The van der Waals surface area contributed by atoms with Gasteiger partial charge in [-0.25, -0.2) is 8.78 Å². The van der Waals surface area contributed by atoms with Crippen LogP contribution in [0.1, 0.15) is 38.7 Å². The molecule has 1 aromatic rings. The Morgan fingerprint density at radius 1 is 1.33 bits per heavy atom. The highest BCUT2D eigenvalue weighted by molar-refractivity contribution is 5.22. The molecule has 18 heavy (non-hydrogen) atoms. The number of halogens is 2. The number of hydrogen-bond acceptors (Lipinski definition) is 1. The van der Waals surface area contributed by atoms with Gasteiger partial charge in [0.2, 0.25) is 0 Å². The molecular formula is C15H21F2N. The summed E-state index contributed by atoms with van der Waals surface area (Å²) in [5.74, 6) is -0.107. The Labute approximate surface area is 108 Å². The third kappa shape index (κ3) is 3.08. The normalized spacial score (nSPS) is 23.8. The molecule has 1 nitrogen and oxygen atoms in total. The van der Waals surface area contributed by atoms with Gasteiger partial charge in [-0.15, -0.1) is 0 Å². The molecule has 0 radical (unpaired) electrons. The van der Waals surface area contributed by atoms with Crippen molar-refractivity contribution in [2.75, 3.05) is 6.54 Å². The van der Waals surface area contributed by atoms with Crippen LogP contribution in [-0.4, -0.2) is 12.1 Å². The second kappa shape index (κ2) is 5.35. The van der Waals surface area contributed by atoms with Crippen molar-refractivity contribution in [2.45, 2.75) is 45.1 Å². The van der Waals surface area contributed by atoms with Gasteiger partial charge in [0.1, 0.15) is 11.6 Å². The second-order valence-corrected chi connectivity index (χ2v) is 5.82. The third-order valence-electron chi connectivity index (χ3n) is 3.67. The first kappa shape index (κ1) is 13.5. The molecule has 1 unspecified atom stereocenters. The van der Waals surface area contributed by atoms with E-state index >= 15 is 0 Å². The van der Waals surface area contributed by atoms with Crippen LogP contribution in [0.3, 0.4) is 0 Å². The number of rotatable bonds is 4. The highest BCUT2D eigenvalue weighted by Gasteiger charge is 2.34. The summed E-state index contributed by atoms with van der Waals surface area (Å²) in [5, 5.41) is 3.51. The first-order valence-electron chi connectivity index (χ1n) is 6.70. The molecule has 0 aliphatic carbocycles. The molecule has 0 spiro atoms. The standard InChI is InChI=1S/C15H21F2N/c1-11(2)9-15(6-3-7-18-15)10-12-8-13(16)4-5-14(12)17/h4-5,8,11,18H,3,6-7,9-10H2,1-2H3. The Hall–Kier alpha value is -0.960. The lowest BCUT2D eigenvalue weighted by Crippen LogP contribution is -2.43. The first-order valence-corrected chi connectivity index (χ1v) is 6.70. The molecule has 0 bridgehead atoms. The van der Waals surface area contributed by atoms with Crippen molar-refractivity contribution < 1.29 is 8.78 Å². The van der Waals surface area contributed by atoms with Crippen LogP contribution in [0.2, 0.25) is 0 Å². The molecule has 1 heterocycles. The third-order valence-corrected chi connectivity index (χ3v) is 3.67. The van der Waals surface area contributed by atoms with E-state index in [9.17, 15) is 8.78 Å². The van der Waals surface area contributed by atoms with Gasteiger partial charge in [0.15, 0.2) is 0 Å². The zero-order valence-corrected chi connectivity index (χ0v) is 11.1. The first-order chi connectivity index (χ1) is 8.51. The van der Waals surface area contributed by atoms with Crippen molar-refractivity contribution in [3.63, 3.8) is 0 Å². The maximum Gasteiger partial charge on any atom is 0.126 e. The van der Waals surface area contributed by atoms with Gasteiger partial charge in [-0.05, 0) is 61.9 Å². The average Bonchev–Trinajstić information content (AvgIpc) is 2.71. The summed E-state index contributed by atoms with van der Waals surface area (Å²) in [6.07, 6.45) is 3.74. The lowest BCUT2D eigenvalue weighted by atomic mass is 9.82. The molecule has 1 saturated heterocycles. The number of hydrogen-bond donors (Lipinski definition) is 1. The lowest BCUT2D eigenvalue weighted by molar-refractivity contribution is 0.298. The van der Waals surface area contributed by atoms with Gasteiger partial charge < -0.3 is 5.32 Å². The monoisotopic (exact) mass is 253 g/mol. The van der Waals surface area contributed by atoms with Crippen molar-refractivity contribution in [2.24, 2.45) is 5.92 Å². The van der Waals surface area contributed by atoms with E-state index in [-0.39, 0.29) is 17.2 Å². The molecule has 2 rings (SSSR count). The van der Waals surface area contributed by atoms with Crippen molar-refractivity contribution in [3.8, 4) is 0 Å². The maximum atomic E-state index is 13.7. The molecular weight excluding hydrogens is 232 g/mol. The lowest BCUT2D eigenvalue weighted by Gasteiger charge is -2.32. The predicted molar refractivity (Wildman–Crippen MR) is 69.5 cm³/mol. The van der Waals surface area contributed by atoms with Crippen molar-refractivity contribution in [1.29, 1.82) is 0 Å². The van der Waals surface area contributed by atoms with Crippen LogP contribution in [-0.2, 0) is 6.42 Å². The quantitative estimate of drug-likeness (QED) is 0.863. The predicted octanol–water partition coefficient (Wildman–Crippen LogP) is 3.68. The van der Waals surface area contributed by atoms with Gasteiger partial charge in [-0.3, -0.25) is 0 Å². The minimum Gasteiger partial charge on any atom is -0.311 e. The number of benzene rings is 1. The van der Waals surface area contributed by atoms with E-state index in [1.54, 1.807) is 0 Å². The minimum atomic E-state index is -0.357. The van der Waals surface area contributed by atoms with E-state index in [2.05, 4.69) is 19.2 Å². The van der Waals surface area contributed by atoms with Crippen LogP contribution >= 0.6 is 0 Å². The van der Waals surface area contributed by atoms with E-state index in [1.807, 2.05) is 0 Å². The molecule has 0 saturated carbocycles. The molecule has 1 atom stereocenters. The van der Waals surface area contributed by atoms with Crippen molar-refractivity contribution in [1.82, 2.24) is 5.32 Å².